The Morgan fingerprint density at radius 3 is 2.78 bits per heavy atom. The molecule has 0 saturated heterocycles. The first kappa shape index (κ1) is 14.9. The van der Waals surface area contributed by atoms with E-state index in [4.69, 9.17) is 4.74 Å². The van der Waals surface area contributed by atoms with Gasteiger partial charge in [-0.05, 0) is 42.0 Å². The van der Waals surface area contributed by atoms with Crippen molar-refractivity contribution >= 4 is 22.8 Å². The first-order valence-electron chi connectivity index (χ1n) is 7.09. The van der Waals surface area contributed by atoms with Crippen LogP contribution in [0.2, 0.25) is 0 Å². The van der Waals surface area contributed by atoms with Crippen LogP contribution < -0.4 is 4.74 Å². The van der Waals surface area contributed by atoms with E-state index in [2.05, 4.69) is 4.98 Å². The molecule has 0 saturated carbocycles. The van der Waals surface area contributed by atoms with E-state index in [0.717, 1.165) is 16.5 Å². The van der Waals surface area contributed by atoms with Gasteiger partial charge < -0.3 is 4.74 Å². The Morgan fingerprint density at radius 1 is 1.17 bits per heavy atom. The van der Waals surface area contributed by atoms with Crippen molar-refractivity contribution in [1.82, 2.24) is 4.98 Å². The molecule has 0 bridgehead atoms. The molecule has 0 atom stereocenters. The molecular weight excluding hydrogens is 293 g/mol. The van der Waals surface area contributed by atoms with Crippen LogP contribution in [0.25, 0.3) is 17.0 Å². The number of aromatic nitrogens is 1. The average Bonchev–Trinajstić information content (AvgIpc) is 2.59. The van der Waals surface area contributed by atoms with Crippen molar-refractivity contribution in [2.75, 3.05) is 7.11 Å². The lowest BCUT2D eigenvalue weighted by Gasteiger charge is -2.03. The van der Waals surface area contributed by atoms with Gasteiger partial charge in [0, 0.05) is 17.1 Å². The molecule has 4 heteroatoms. The molecule has 3 nitrogen and oxygen atoms in total. The Balaban J connectivity index is 1.89. The van der Waals surface area contributed by atoms with Gasteiger partial charge in [-0.1, -0.05) is 24.3 Å². The van der Waals surface area contributed by atoms with Crippen LogP contribution in [0.3, 0.4) is 0 Å². The number of benzene rings is 2. The highest BCUT2D eigenvalue weighted by Crippen LogP contribution is 2.20. The molecule has 0 N–H and O–H groups in total. The van der Waals surface area contributed by atoms with Gasteiger partial charge in [0.1, 0.15) is 0 Å². The first-order valence-corrected chi connectivity index (χ1v) is 7.09. The molecule has 3 rings (SSSR count). The fourth-order valence-electron chi connectivity index (χ4n) is 2.34. The lowest BCUT2D eigenvalue weighted by molar-refractivity contribution is 0.104. The molecule has 0 radical (unpaired) electrons. The quantitative estimate of drug-likeness (QED) is 0.533. The van der Waals surface area contributed by atoms with E-state index in [1.54, 1.807) is 18.3 Å². The van der Waals surface area contributed by atoms with Crippen molar-refractivity contribution < 1.29 is 13.9 Å². The largest absolute Gasteiger partial charge is 0.494 e. The number of rotatable bonds is 4. The fraction of sp³-hybridized carbons (Fsp3) is 0.0526. The van der Waals surface area contributed by atoms with Crippen molar-refractivity contribution in [1.29, 1.82) is 0 Å². The van der Waals surface area contributed by atoms with Crippen LogP contribution in [0, 0.1) is 5.82 Å². The van der Waals surface area contributed by atoms with E-state index in [1.807, 2.05) is 30.3 Å². The zero-order valence-corrected chi connectivity index (χ0v) is 12.5. The SMILES string of the molecule is COc1ccc(C(=O)/C=C/c2ccnc3ccccc23)cc1F. The number of nitrogens with zero attached hydrogens (tertiary/aromatic N) is 1. The summed E-state index contributed by atoms with van der Waals surface area (Å²) in [6, 6.07) is 13.7. The Kier molecular flexibility index (Phi) is 4.15. The van der Waals surface area contributed by atoms with E-state index in [0.29, 0.717) is 0 Å². The molecule has 1 heterocycles. The standard InChI is InChI=1S/C19H14FNO2/c1-23-19-9-7-14(12-16(19)20)18(22)8-6-13-10-11-21-17-5-3-2-4-15(13)17/h2-12H,1H3/b8-6+. The summed E-state index contributed by atoms with van der Waals surface area (Å²) in [6.07, 6.45) is 4.84. The maximum absolute atomic E-state index is 13.7. The van der Waals surface area contributed by atoms with Crippen LogP contribution >= 0.6 is 0 Å². The molecule has 0 unspecified atom stereocenters. The molecule has 114 valence electrons. The van der Waals surface area contributed by atoms with E-state index in [9.17, 15) is 9.18 Å². The Labute approximate surface area is 133 Å². The second-order valence-corrected chi connectivity index (χ2v) is 4.96. The van der Waals surface area contributed by atoms with Gasteiger partial charge in [0.2, 0.25) is 0 Å². The van der Waals surface area contributed by atoms with Crippen molar-refractivity contribution in [3.8, 4) is 5.75 Å². The highest BCUT2D eigenvalue weighted by Gasteiger charge is 2.08. The summed E-state index contributed by atoms with van der Waals surface area (Å²) < 4.78 is 18.5. The minimum Gasteiger partial charge on any atom is -0.494 e. The topological polar surface area (TPSA) is 39.2 Å². The summed E-state index contributed by atoms with van der Waals surface area (Å²) in [5.41, 5.74) is 2.02. The van der Waals surface area contributed by atoms with E-state index in [1.165, 1.54) is 25.3 Å². The third kappa shape index (κ3) is 3.11. The van der Waals surface area contributed by atoms with Gasteiger partial charge in [-0.2, -0.15) is 0 Å². The minimum atomic E-state index is -0.555. The fourth-order valence-corrected chi connectivity index (χ4v) is 2.34. The smallest absolute Gasteiger partial charge is 0.185 e. The number of ketones is 1. The summed E-state index contributed by atoms with van der Waals surface area (Å²) >= 11 is 0. The van der Waals surface area contributed by atoms with Crippen LogP contribution in [0.4, 0.5) is 4.39 Å². The number of carbonyl (C=O) groups is 1. The zero-order chi connectivity index (χ0) is 16.2. The Hall–Kier alpha value is -3.01. The molecule has 0 aliphatic rings. The van der Waals surface area contributed by atoms with Crippen molar-refractivity contribution in [3.63, 3.8) is 0 Å². The van der Waals surface area contributed by atoms with Crippen molar-refractivity contribution in [3.05, 3.63) is 77.7 Å². The predicted molar refractivity (Wildman–Crippen MR) is 88.1 cm³/mol. The van der Waals surface area contributed by atoms with E-state index >= 15 is 0 Å². The molecule has 23 heavy (non-hydrogen) atoms. The highest BCUT2D eigenvalue weighted by atomic mass is 19.1. The summed E-state index contributed by atoms with van der Waals surface area (Å²) in [4.78, 5) is 16.5. The second-order valence-electron chi connectivity index (χ2n) is 4.96. The number of halogens is 1. The lowest BCUT2D eigenvalue weighted by atomic mass is 10.1. The number of hydrogen-bond donors (Lipinski definition) is 0. The number of para-hydroxylation sites is 1. The summed E-state index contributed by atoms with van der Waals surface area (Å²) in [7, 11) is 1.38. The summed E-state index contributed by atoms with van der Waals surface area (Å²) in [5.74, 6) is -0.709. The molecule has 1 aromatic heterocycles. The number of pyridine rings is 1. The van der Waals surface area contributed by atoms with Gasteiger partial charge in [-0.25, -0.2) is 4.39 Å². The Morgan fingerprint density at radius 2 is 2.00 bits per heavy atom. The van der Waals surface area contributed by atoms with Gasteiger partial charge in [-0.3, -0.25) is 9.78 Å². The molecule has 2 aromatic carbocycles. The monoisotopic (exact) mass is 307 g/mol. The van der Waals surface area contributed by atoms with Crippen LogP contribution in [-0.2, 0) is 0 Å². The van der Waals surface area contributed by atoms with Crippen molar-refractivity contribution in [2.45, 2.75) is 0 Å². The molecule has 0 aliphatic heterocycles. The molecule has 0 fully saturated rings. The predicted octanol–water partition coefficient (Wildman–Crippen LogP) is 4.28. The second kappa shape index (κ2) is 6.40. The van der Waals surface area contributed by atoms with Gasteiger partial charge >= 0.3 is 0 Å². The zero-order valence-electron chi connectivity index (χ0n) is 12.5. The first-order chi connectivity index (χ1) is 11.2. The summed E-state index contributed by atoms with van der Waals surface area (Å²) in [6.45, 7) is 0. The molecule has 0 spiro atoms. The van der Waals surface area contributed by atoms with Gasteiger partial charge in [0.15, 0.2) is 17.3 Å². The maximum atomic E-state index is 13.7. The molecule has 3 aromatic rings. The number of methoxy groups -OCH3 is 1. The minimum absolute atomic E-state index is 0.116. The number of fused-ring (bicyclic) bond motifs is 1. The average molecular weight is 307 g/mol. The molecular formula is C19H14FNO2. The molecule has 0 amide bonds. The third-order valence-electron chi connectivity index (χ3n) is 3.53. The number of hydrogen-bond acceptors (Lipinski definition) is 3. The van der Waals surface area contributed by atoms with Crippen LogP contribution in [0.15, 0.2) is 60.8 Å². The van der Waals surface area contributed by atoms with E-state index < -0.39 is 5.82 Å². The highest BCUT2D eigenvalue weighted by molar-refractivity contribution is 6.07. The van der Waals surface area contributed by atoms with Crippen LogP contribution in [0.1, 0.15) is 15.9 Å². The number of allylic oxidation sites excluding steroid dienone is 1. The number of ether oxygens (including phenoxy) is 1. The number of carbonyl (C=O) groups excluding carboxylic acids is 1. The van der Waals surface area contributed by atoms with Crippen LogP contribution in [0.5, 0.6) is 5.75 Å². The summed E-state index contributed by atoms with van der Waals surface area (Å²) in [5, 5.41) is 0.958. The van der Waals surface area contributed by atoms with Crippen LogP contribution in [-0.4, -0.2) is 17.9 Å². The lowest BCUT2D eigenvalue weighted by Crippen LogP contribution is -1.97. The molecule has 0 aliphatic carbocycles. The van der Waals surface area contributed by atoms with Gasteiger partial charge in [0.25, 0.3) is 0 Å². The van der Waals surface area contributed by atoms with Gasteiger partial charge in [-0.15, -0.1) is 0 Å². The van der Waals surface area contributed by atoms with Gasteiger partial charge in [0.05, 0.1) is 12.6 Å². The van der Waals surface area contributed by atoms with E-state index in [-0.39, 0.29) is 17.1 Å². The van der Waals surface area contributed by atoms with Crippen molar-refractivity contribution in [2.24, 2.45) is 0 Å². The third-order valence-corrected chi connectivity index (χ3v) is 3.53. The normalized spacial score (nSPS) is 11.0. The Bertz CT molecular complexity index is 898. The maximum Gasteiger partial charge on any atom is 0.185 e.